The molecular weight excluding hydrogens is 392 g/mol. The summed E-state index contributed by atoms with van der Waals surface area (Å²) in [6, 6.07) is 3.11. The van der Waals surface area contributed by atoms with E-state index in [1.54, 1.807) is 0 Å². The summed E-state index contributed by atoms with van der Waals surface area (Å²) in [6.07, 6.45) is 0. The predicted molar refractivity (Wildman–Crippen MR) is 92.5 cm³/mol. The Kier molecular flexibility index (Phi) is 6.50. The molecule has 0 unspecified atom stereocenters. The maximum atomic E-state index is 15.3. The number of thiophene rings is 1. The van der Waals surface area contributed by atoms with Crippen molar-refractivity contribution in [2.24, 2.45) is 0 Å². The molecule has 0 radical (unpaired) electrons. The fourth-order valence-corrected chi connectivity index (χ4v) is 5.20. The molecule has 0 saturated heterocycles. The molecule has 10 heteroatoms. The number of hydrogen-bond donors (Lipinski definition) is 0. The Bertz CT molecular complexity index is 842. The molecular formula is C16H18F3O5PS. The van der Waals surface area contributed by atoms with Crippen LogP contribution in [0.5, 0.6) is 0 Å². The highest BCUT2D eigenvalue weighted by molar-refractivity contribution is 7.54. The van der Waals surface area contributed by atoms with Gasteiger partial charge in [-0.05, 0) is 32.9 Å². The van der Waals surface area contributed by atoms with E-state index in [-0.39, 0.29) is 29.9 Å². The van der Waals surface area contributed by atoms with Gasteiger partial charge in [0.1, 0.15) is 10.7 Å². The second-order valence-corrected chi connectivity index (χ2v) is 8.17. The van der Waals surface area contributed by atoms with Crippen molar-refractivity contribution >= 4 is 35.0 Å². The van der Waals surface area contributed by atoms with Crippen molar-refractivity contribution in [2.75, 3.05) is 19.8 Å². The van der Waals surface area contributed by atoms with Crippen molar-refractivity contribution in [3.05, 3.63) is 34.5 Å². The van der Waals surface area contributed by atoms with E-state index in [9.17, 15) is 13.8 Å². The number of ether oxygens (including phenoxy) is 1. The van der Waals surface area contributed by atoms with Gasteiger partial charge in [-0.25, -0.2) is 9.18 Å². The zero-order valence-corrected chi connectivity index (χ0v) is 16.1. The maximum Gasteiger partial charge on any atom is 0.404 e. The molecule has 0 spiro atoms. The van der Waals surface area contributed by atoms with Crippen LogP contribution in [0.2, 0.25) is 0 Å². The van der Waals surface area contributed by atoms with Crippen molar-refractivity contribution in [1.82, 2.24) is 0 Å². The van der Waals surface area contributed by atoms with Crippen LogP contribution in [0.3, 0.4) is 0 Å². The van der Waals surface area contributed by atoms with Crippen molar-refractivity contribution in [1.29, 1.82) is 0 Å². The first-order chi connectivity index (χ1) is 12.2. The fraction of sp³-hybridized carbons (Fsp3) is 0.438. The second-order valence-electron chi connectivity index (χ2n) is 5.04. The molecule has 0 aliphatic rings. The highest BCUT2D eigenvalue weighted by atomic mass is 32.1. The first-order valence-corrected chi connectivity index (χ1v) is 10.2. The minimum absolute atomic E-state index is 0.0406. The van der Waals surface area contributed by atoms with Gasteiger partial charge in [0.05, 0.1) is 25.4 Å². The highest BCUT2D eigenvalue weighted by Gasteiger charge is 2.57. The minimum Gasteiger partial charge on any atom is -0.462 e. The Balaban J connectivity index is 2.77. The predicted octanol–water partition coefficient (Wildman–Crippen LogP) is 5.53. The zero-order chi connectivity index (χ0) is 19.5. The molecule has 0 amide bonds. The number of benzene rings is 1. The number of alkyl halides is 2. The summed E-state index contributed by atoms with van der Waals surface area (Å²) in [6.45, 7) is 3.72. The summed E-state index contributed by atoms with van der Waals surface area (Å²) in [5.74, 6) is -1.66. The average Bonchev–Trinajstić information content (AvgIpc) is 2.94. The third kappa shape index (κ3) is 3.67. The van der Waals surface area contributed by atoms with Gasteiger partial charge in [-0.3, -0.25) is 4.57 Å². The lowest BCUT2D eigenvalue weighted by Crippen LogP contribution is -2.21. The second kappa shape index (κ2) is 8.08. The van der Waals surface area contributed by atoms with E-state index in [1.165, 1.54) is 20.8 Å². The van der Waals surface area contributed by atoms with Crippen LogP contribution >= 0.6 is 18.9 Å². The molecule has 0 bridgehead atoms. The molecule has 5 nitrogen and oxygen atoms in total. The number of carbonyl (C=O) groups excluding carboxylic acids is 1. The highest BCUT2D eigenvalue weighted by Crippen LogP contribution is 2.68. The van der Waals surface area contributed by atoms with Crippen LogP contribution in [0, 0.1) is 5.82 Å². The van der Waals surface area contributed by atoms with Gasteiger partial charge in [0.2, 0.25) is 0 Å². The van der Waals surface area contributed by atoms with Crippen LogP contribution in [0.4, 0.5) is 13.2 Å². The van der Waals surface area contributed by atoms with Gasteiger partial charge in [-0.2, -0.15) is 8.78 Å². The van der Waals surface area contributed by atoms with Crippen LogP contribution in [-0.4, -0.2) is 25.8 Å². The van der Waals surface area contributed by atoms with Gasteiger partial charge in [0, 0.05) is 10.1 Å². The van der Waals surface area contributed by atoms with Crippen LogP contribution in [0.1, 0.15) is 36.0 Å². The van der Waals surface area contributed by atoms with Crippen molar-refractivity contribution in [2.45, 2.75) is 26.4 Å². The van der Waals surface area contributed by atoms with Crippen molar-refractivity contribution < 1.29 is 36.3 Å². The molecule has 0 aliphatic carbocycles. The summed E-state index contributed by atoms with van der Waals surface area (Å²) in [7, 11) is -4.94. The van der Waals surface area contributed by atoms with Crippen molar-refractivity contribution in [3.8, 4) is 0 Å². The van der Waals surface area contributed by atoms with Gasteiger partial charge in [-0.1, -0.05) is 6.07 Å². The Morgan fingerprint density at radius 3 is 2.31 bits per heavy atom. The minimum atomic E-state index is -4.94. The first-order valence-electron chi connectivity index (χ1n) is 7.88. The van der Waals surface area contributed by atoms with E-state index in [0.717, 1.165) is 18.2 Å². The zero-order valence-electron chi connectivity index (χ0n) is 14.4. The quantitative estimate of drug-likeness (QED) is 0.423. The van der Waals surface area contributed by atoms with Gasteiger partial charge in [0.25, 0.3) is 0 Å². The lowest BCUT2D eigenvalue weighted by atomic mass is 10.1. The van der Waals surface area contributed by atoms with Gasteiger partial charge in [-0.15, -0.1) is 11.3 Å². The summed E-state index contributed by atoms with van der Waals surface area (Å²) in [4.78, 5) is 11.7. The Morgan fingerprint density at radius 1 is 1.15 bits per heavy atom. The molecule has 1 aromatic heterocycles. The number of hydrogen-bond acceptors (Lipinski definition) is 6. The van der Waals surface area contributed by atoms with Crippen molar-refractivity contribution in [3.63, 3.8) is 0 Å². The summed E-state index contributed by atoms with van der Waals surface area (Å²) < 4.78 is 71.4. The monoisotopic (exact) mass is 410 g/mol. The largest absolute Gasteiger partial charge is 0.462 e. The Hall–Kier alpha value is -1.41. The number of halogens is 3. The maximum absolute atomic E-state index is 15.3. The van der Waals surface area contributed by atoms with E-state index >= 15 is 8.78 Å². The van der Waals surface area contributed by atoms with Crippen LogP contribution in [0.15, 0.2) is 18.2 Å². The number of rotatable bonds is 8. The van der Waals surface area contributed by atoms with Crippen LogP contribution in [0.25, 0.3) is 10.1 Å². The summed E-state index contributed by atoms with van der Waals surface area (Å²) in [5, 5.41) is -0.107. The average molecular weight is 410 g/mol. The van der Waals surface area contributed by atoms with Gasteiger partial charge >= 0.3 is 19.2 Å². The Labute approximate surface area is 152 Å². The molecule has 0 N–H and O–H groups in total. The standard InChI is InChI=1S/C16H18F3O5PS/c1-4-22-15(20)14-13(11-8-7-10(17)9-12(11)26-14)16(18,19)25(21,23-5-2)24-6-3/h7-9H,4-6H2,1-3H3. The normalized spacial score (nSPS) is 12.5. The molecule has 1 aromatic carbocycles. The molecule has 26 heavy (non-hydrogen) atoms. The molecule has 0 saturated carbocycles. The van der Waals surface area contributed by atoms with Crippen LogP contribution in [-0.2, 0) is 24.0 Å². The van der Waals surface area contributed by atoms with E-state index in [4.69, 9.17) is 13.8 Å². The smallest absolute Gasteiger partial charge is 0.404 e. The number of esters is 1. The van der Waals surface area contributed by atoms with E-state index < -0.39 is 35.5 Å². The van der Waals surface area contributed by atoms with E-state index in [2.05, 4.69) is 0 Å². The fourth-order valence-electron chi connectivity index (χ4n) is 2.39. The molecule has 0 fully saturated rings. The molecule has 144 valence electrons. The third-order valence-electron chi connectivity index (χ3n) is 3.36. The third-order valence-corrected chi connectivity index (χ3v) is 6.60. The first kappa shape index (κ1) is 20.9. The van der Waals surface area contributed by atoms with Crippen LogP contribution < -0.4 is 0 Å². The summed E-state index contributed by atoms with van der Waals surface area (Å²) >= 11 is 0.639. The molecule has 0 aliphatic heterocycles. The molecule has 1 heterocycles. The Morgan fingerprint density at radius 2 is 1.77 bits per heavy atom. The molecule has 2 rings (SSSR count). The lowest BCUT2D eigenvalue weighted by Gasteiger charge is -2.26. The molecule has 0 atom stereocenters. The van der Waals surface area contributed by atoms with Gasteiger partial charge < -0.3 is 13.8 Å². The SMILES string of the molecule is CCOC(=O)c1sc2cc(F)ccc2c1C(F)(F)P(=O)(OCC)OCC. The van der Waals surface area contributed by atoms with E-state index in [1.807, 2.05) is 0 Å². The topological polar surface area (TPSA) is 61.8 Å². The van der Waals surface area contributed by atoms with Gasteiger partial charge in [0.15, 0.2) is 0 Å². The number of carbonyl (C=O) groups is 1. The number of fused-ring (bicyclic) bond motifs is 1. The summed E-state index contributed by atoms with van der Waals surface area (Å²) in [5.41, 5.74) is -4.96. The molecule has 2 aromatic rings. The van der Waals surface area contributed by atoms with E-state index in [0.29, 0.717) is 11.3 Å². The lowest BCUT2D eigenvalue weighted by molar-refractivity contribution is 0.0338.